The normalized spacial score (nSPS) is 18.8. The third-order valence-electron chi connectivity index (χ3n) is 6.08. The van der Waals surface area contributed by atoms with Gasteiger partial charge in [0.25, 0.3) is 0 Å². The lowest BCUT2D eigenvalue weighted by Crippen LogP contribution is -2.40. The fraction of sp³-hybridized carbons (Fsp3) is 0.435. The van der Waals surface area contributed by atoms with Crippen LogP contribution in [0.25, 0.3) is 0 Å². The molecule has 2 aliphatic rings. The SMILES string of the molecule is O=C(Nc1ccc(S(=O)(=O)N2CCOCC2)cc1)C1CCN(Cc2ccc(Cl)c(Cl)c2)CC1. The number of anilines is 1. The number of nitrogens with zero attached hydrogens (tertiary/aromatic N) is 2. The maximum Gasteiger partial charge on any atom is 0.243 e. The van der Waals surface area contributed by atoms with E-state index in [1.54, 1.807) is 30.3 Å². The molecule has 0 unspecified atom stereocenters. The van der Waals surface area contributed by atoms with Crippen LogP contribution in [0.4, 0.5) is 5.69 Å². The molecule has 0 aromatic heterocycles. The predicted octanol–water partition coefficient (Wildman–Crippen LogP) is 3.87. The number of sulfonamides is 1. The monoisotopic (exact) mass is 511 g/mol. The minimum absolute atomic E-state index is 0.0343. The predicted molar refractivity (Wildman–Crippen MR) is 129 cm³/mol. The van der Waals surface area contributed by atoms with Crippen molar-refractivity contribution >= 4 is 44.8 Å². The van der Waals surface area contributed by atoms with Crippen molar-refractivity contribution in [1.82, 2.24) is 9.21 Å². The maximum atomic E-state index is 12.7. The van der Waals surface area contributed by atoms with Crippen molar-refractivity contribution < 1.29 is 17.9 Å². The number of amides is 1. The van der Waals surface area contributed by atoms with E-state index in [2.05, 4.69) is 10.2 Å². The van der Waals surface area contributed by atoms with E-state index in [0.717, 1.165) is 38.0 Å². The molecule has 4 rings (SSSR count). The topological polar surface area (TPSA) is 79.0 Å². The first-order chi connectivity index (χ1) is 15.8. The maximum absolute atomic E-state index is 12.7. The molecule has 33 heavy (non-hydrogen) atoms. The number of piperidine rings is 1. The number of halogens is 2. The number of morpholine rings is 1. The summed E-state index contributed by atoms with van der Waals surface area (Å²) >= 11 is 12.1. The average molecular weight is 512 g/mol. The van der Waals surface area contributed by atoms with Gasteiger partial charge >= 0.3 is 0 Å². The average Bonchev–Trinajstić information content (AvgIpc) is 2.83. The third kappa shape index (κ3) is 6.07. The number of carbonyl (C=O) groups is 1. The summed E-state index contributed by atoms with van der Waals surface area (Å²) in [4.78, 5) is 15.3. The molecule has 2 saturated heterocycles. The largest absolute Gasteiger partial charge is 0.379 e. The third-order valence-corrected chi connectivity index (χ3v) is 8.73. The van der Waals surface area contributed by atoms with E-state index >= 15 is 0 Å². The molecule has 0 spiro atoms. The Labute approximate surface area is 204 Å². The van der Waals surface area contributed by atoms with Gasteiger partial charge in [-0.3, -0.25) is 9.69 Å². The van der Waals surface area contributed by atoms with Crippen LogP contribution in [0.3, 0.4) is 0 Å². The van der Waals surface area contributed by atoms with Gasteiger partial charge in [0.1, 0.15) is 0 Å². The number of likely N-dealkylation sites (tertiary alicyclic amines) is 1. The van der Waals surface area contributed by atoms with Crippen molar-refractivity contribution in [2.45, 2.75) is 24.3 Å². The number of benzene rings is 2. The van der Waals surface area contributed by atoms with E-state index in [1.165, 1.54) is 4.31 Å². The summed E-state index contributed by atoms with van der Waals surface area (Å²) in [6.07, 6.45) is 1.52. The zero-order valence-electron chi connectivity index (χ0n) is 18.2. The Kier molecular flexibility index (Phi) is 7.94. The number of hydrogen-bond donors (Lipinski definition) is 1. The van der Waals surface area contributed by atoms with Gasteiger partial charge < -0.3 is 10.1 Å². The van der Waals surface area contributed by atoms with Gasteiger partial charge in [0, 0.05) is 31.2 Å². The first-order valence-electron chi connectivity index (χ1n) is 11.0. The molecule has 1 amide bonds. The van der Waals surface area contributed by atoms with E-state index in [-0.39, 0.29) is 16.7 Å². The standard InChI is InChI=1S/C23H27Cl2N3O4S/c24-21-6-1-17(15-22(21)25)16-27-9-7-18(8-10-27)23(29)26-19-2-4-20(5-3-19)33(30,31)28-11-13-32-14-12-28/h1-6,15,18H,7-14,16H2,(H,26,29). The fourth-order valence-electron chi connectivity index (χ4n) is 4.14. The molecule has 10 heteroatoms. The lowest BCUT2D eigenvalue weighted by molar-refractivity contribution is -0.121. The van der Waals surface area contributed by atoms with Crippen molar-refractivity contribution in [3.8, 4) is 0 Å². The van der Waals surface area contributed by atoms with Gasteiger partial charge in [0.05, 0.1) is 28.2 Å². The van der Waals surface area contributed by atoms with Crippen molar-refractivity contribution in [3.63, 3.8) is 0 Å². The molecule has 2 aliphatic heterocycles. The van der Waals surface area contributed by atoms with Crippen LogP contribution in [-0.2, 0) is 26.1 Å². The smallest absolute Gasteiger partial charge is 0.243 e. The van der Waals surface area contributed by atoms with Crippen LogP contribution in [0.15, 0.2) is 47.4 Å². The molecule has 2 aromatic carbocycles. The van der Waals surface area contributed by atoms with Crippen LogP contribution >= 0.6 is 23.2 Å². The Morgan fingerprint density at radius 3 is 2.27 bits per heavy atom. The van der Waals surface area contributed by atoms with Crippen molar-refractivity contribution in [2.75, 3.05) is 44.7 Å². The minimum atomic E-state index is -3.55. The van der Waals surface area contributed by atoms with Crippen molar-refractivity contribution in [1.29, 1.82) is 0 Å². The highest BCUT2D eigenvalue weighted by molar-refractivity contribution is 7.89. The van der Waals surface area contributed by atoms with Gasteiger partial charge in [0.15, 0.2) is 0 Å². The van der Waals surface area contributed by atoms with E-state index in [1.807, 2.05) is 12.1 Å². The second kappa shape index (κ2) is 10.7. The molecule has 0 aliphatic carbocycles. The van der Waals surface area contributed by atoms with Gasteiger partial charge in [0.2, 0.25) is 15.9 Å². The Morgan fingerprint density at radius 2 is 1.64 bits per heavy atom. The molecular weight excluding hydrogens is 485 g/mol. The summed E-state index contributed by atoms with van der Waals surface area (Å²) in [5, 5.41) is 4.02. The van der Waals surface area contributed by atoms with Crippen LogP contribution in [0.5, 0.6) is 0 Å². The molecule has 2 heterocycles. The van der Waals surface area contributed by atoms with Gasteiger partial charge in [-0.2, -0.15) is 4.31 Å². The summed E-state index contributed by atoms with van der Waals surface area (Å²) in [6.45, 7) is 3.91. The Bertz CT molecular complexity index is 1080. The Balaban J connectivity index is 1.28. The molecule has 0 radical (unpaired) electrons. The van der Waals surface area contributed by atoms with Crippen molar-refractivity contribution in [2.24, 2.45) is 5.92 Å². The molecule has 2 fully saturated rings. The summed E-state index contributed by atoms with van der Waals surface area (Å²) in [5.74, 6) is -0.111. The van der Waals surface area contributed by atoms with Gasteiger partial charge in [-0.25, -0.2) is 8.42 Å². The highest BCUT2D eigenvalue weighted by atomic mass is 35.5. The highest BCUT2D eigenvalue weighted by Gasteiger charge is 2.27. The van der Waals surface area contributed by atoms with E-state index in [0.29, 0.717) is 42.0 Å². The van der Waals surface area contributed by atoms with Gasteiger partial charge in [-0.1, -0.05) is 29.3 Å². The molecule has 0 saturated carbocycles. The van der Waals surface area contributed by atoms with Crippen LogP contribution in [0, 0.1) is 5.92 Å². The van der Waals surface area contributed by atoms with Crippen LogP contribution in [0.1, 0.15) is 18.4 Å². The summed E-state index contributed by atoms with van der Waals surface area (Å²) in [6, 6.07) is 12.0. The molecular formula is C23H27Cl2N3O4S. The quantitative estimate of drug-likeness (QED) is 0.636. The van der Waals surface area contributed by atoms with Crippen LogP contribution in [-0.4, -0.2) is 62.9 Å². The number of rotatable bonds is 6. The van der Waals surface area contributed by atoms with Crippen LogP contribution < -0.4 is 5.32 Å². The Morgan fingerprint density at radius 1 is 0.970 bits per heavy atom. The number of ether oxygens (including phenoxy) is 1. The molecule has 1 N–H and O–H groups in total. The van der Waals surface area contributed by atoms with Gasteiger partial charge in [-0.05, 0) is 67.9 Å². The van der Waals surface area contributed by atoms with Gasteiger partial charge in [-0.15, -0.1) is 0 Å². The lowest BCUT2D eigenvalue weighted by atomic mass is 9.95. The zero-order chi connectivity index (χ0) is 23.4. The summed E-state index contributed by atoms with van der Waals surface area (Å²) in [7, 11) is -3.55. The van der Waals surface area contributed by atoms with Crippen molar-refractivity contribution in [3.05, 3.63) is 58.1 Å². The number of hydrogen-bond acceptors (Lipinski definition) is 5. The molecule has 0 atom stereocenters. The number of nitrogens with one attached hydrogen (secondary N) is 1. The molecule has 7 nitrogen and oxygen atoms in total. The zero-order valence-corrected chi connectivity index (χ0v) is 20.5. The van der Waals surface area contributed by atoms with E-state index < -0.39 is 10.0 Å². The summed E-state index contributed by atoms with van der Waals surface area (Å²) < 4.78 is 32.1. The summed E-state index contributed by atoms with van der Waals surface area (Å²) in [5.41, 5.74) is 1.69. The fourth-order valence-corrected chi connectivity index (χ4v) is 5.87. The minimum Gasteiger partial charge on any atom is -0.379 e. The first kappa shape index (κ1) is 24.4. The second-order valence-corrected chi connectivity index (χ2v) is 11.1. The molecule has 2 aromatic rings. The molecule has 178 valence electrons. The Hall–Kier alpha value is -1.68. The van der Waals surface area contributed by atoms with E-state index in [4.69, 9.17) is 27.9 Å². The highest BCUT2D eigenvalue weighted by Crippen LogP contribution is 2.26. The number of carbonyl (C=O) groups excluding carboxylic acids is 1. The second-order valence-electron chi connectivity index (χ2n) is 8.33. The first-order valence-corrected chi connectivity index (χ1v) is 13.2. The molecule has 0 bridgehead atoms. The lowest BCUT2D eigenvalue weighted by Gasteiger charge is -2.31. The van der Waals surface area contributed by atoms with Crippen LogP contribution in [0.2, 0.25) is 10.0 Å². The van der Waals surface area contributed by atoms with E-state index in [9.17, 15) is 13.2 Å².